The summed E-state index contributed by atoms with van der Waals surface area (Å²) < 4.78 is 5.81. The molecule has 0 radical (unpaired) electrons. The van der Waals surface area contributed by atoms with Crippen LogP contribution < -0.4 is 10.1 Å². The molecule has 0 spiro atoms. The Morgan fingerprint density at radius 3 is 2.33 bits per heavy atom. The van der Waals surface area contributed by atoms with Crippen LogP contribution in [0.15, 0.2) is 72.9 Å². The predicted molar refractivity (Wildman–Crippen MR) is 106 cm³/mol. The summed E-state index contributed by atoms with van der Waals surface area (Å²) in [6, 6.07) is 20.9. The highest BCUT2D eigenvalue weighted by molar-refractivity contribution is 5.99. The van der Waals surface area contributed by atoms with Crippen LogP contribution in [0.4, 0.5) is 11.5 Å². The molecule has 1 aliphatic heterocycles. The molecule has 5 heteroatoms. The molecule has 1 N–H and O–H groups in total. The number of carbonyl (C=O) groups excluding carboxylic acids is 1. The van der Waals surface area contributed by atoms with E-state index >= 15 is 0 Å². The molecule has 1 aromatic heterocycles. The summed E-state index contributed by atoms with van der Waals surface area (Å²) in [7, 11) is 0. The van der Waals surface area contributed by atoms with E-state index < -0.39 is 0 Å². The molecule has 27 heavy (non-hydrogen) atoms. The monoisotopic (exact) mass is 359 g/mol. The third-order valence-corrected chi connectivity index (χ3v) is 4.53. The summed E-state index contributed by atoms with van der Waals surface area (Å²) in [6.45, 7) is 1.64. The molecule has 0 bridgehead atoms. The Kier molecular flexibility index (Phi) is 5.01. The fraction of sp³-hybridized carbons (Fsp3) is 0.182. The molecule has 3 aromatic rings. The standard InChI is InChI=1S/C22H21N3O2/c26-22(25-15-4-5-16-25)20-9-6-14-23-21(20)24-17-10-12-19(13-11-17)27-18-7-2-1-3-8-18/h1-3,6-14H,4-5,15-16H2,(H,23,24). The number of likely N-dealkylation sites (tertiary alicyclic amines) is 1. The number of hydrogen-bond acceptors (Lipinski definition) is 4. The van der Waals surface area contributed by atoms with Gasteiger partial charge in [-0.2, -0.15) is 0 Å². The zero-order valence-electron chi connectivity index (χ0n) is 15.0. The van der Waals surface area contributed by atoms with Crippen molar-refractivity contribution >= 4 is 17.4 Å². The normalized spacial score (nSPS) is 13.4. The molecule has 1 amide bonds. The molecule has 0 aliphatic carbocycles. The maximum absolute atomic E-state index is 12.7. The number of carbonyl (C=O) groups is 1. The van der Waals surface area contributed by atoms with Gasteiger partial charge >= 0.3 is 0 Å². The zero-order valence-corrected chi connectivity index (χ0v) is 15.0. The van der Waals surface area contributed by atoms with Gasteiger partial charge in [0.2, 0.25) is 0 Å². The van der Waals surface area contributed by atoms with Crippen LogP contribution in [0.1, 0.15) is 23.2 Å². The van der Waals surface area contributed by atoms with E-state index in [1.807, 2.05) is 65.6 Å². The van der Waals surface area contributed by atoms with Gasteiger partial charge in [-0.05, 0) is 61.4 Å². The van der Waals surface area contributed by atoms with Gasteiger partial charge in [-0.3, -0.25) is 4.79 Å². The van der Waals surface area contributed by atoms with Crippen LogP contribution in [-0.2, 0) is 0 Å². The number of anilines is 2. The summed E-state index contributed by atoms with van der Waals surface area (Å²) in [6.07, 6.45) is 3.82. The van der Waals surface area contributed by atoms with E-state index in [9.17, 15) is 4.79 Å². The number of benzene rings is 2. The fourth-order valence-corrected chi connectivity index (χ4v) is 3.14. The van der Waals surface area contributed by atoms with Crippen molar-refractivity contribution in [2.45, 2.75) is 12.8 Å². The van der Waals surface area contributed by atoms with Gasteiger partial charge in [0, 0.05) is 25.0 Å². The Morgan fingerprint density at radius 1 is 0.889 bits per heavy atom. The van der Waals surface area contributed by atoms with Crippen LogP contribution in [0.2, 0.25) is 0 Å². The lowest BCUT2D eigenvalue weighted by Crippen LogP contribution is -2.28. The van der Waals surface area contributed by atoms with Crippen LogP contribution in [0.5, 0.6) is 11.5 Å². The Hall–Kier alpha value is -3.34. The molecule has 1 aliphatic rings. The van der Waals surface area contributed by atoms with Crippen LogP contribution in [0, 0.1) is 0 Å². The van der Waals surface area contributed by atoms with Gasteiger partial charge in [0.25, 0.3) is 5.91 Å². The molecule has 5 nitrogen and oxygen atoms in total. The Bertz CT molecular complexity index is 904. The van der Waals surface area contributed by atoms with Crippen LogP contribution in [-0.4, -0.2) is 28.9 Å². The van der Waals surface area contributed by atoms with Crippen molar-refractivity contribution in [1.29, 1.82) is 0 Å². The quantitative estimate of drug-likeness (QED) is 0.707. The summed E-state index contributed by atoms with van der Waals surface area (Å²) >= 11 is 0. The Labute approximate surface area is 158 Å². The largest absolute Gasteiger partial charge is 0.457 e. The van der Waals surface area contributed by atoms with Gasteiger partial charge in [-0.15, -0.1) is 0 Å². The maximum atomic E-state index is 12.7. The van der Waals surface area contributed by atoms with Gasteiger partial charge in [0.1, 0.15) is 17.3 Å². The van der Waals surface area contributed by atoms with E-state index in [-0.39, 0.29) is 5.91 Å². The summed E-state index contributed by atoms with van der Waals surface area (Å²) in [5.41, 5.74) is 1.45. The fourth-order valence-electron chi connectivity index (χ4n) is 3.14. The number of nitrogens with zero attached hydrogens (tertiary/aromatic N) is 2. The molecule has 136 valence electrons. The first-order valence-electron chi connectivity index (χ1n) is 9.14. The van der Waals surface area contributed by atoms with Gasteiger partial charge < -0.3 is 15.0 Å². The number of hydrogen-bond donors (Lipinski definition) is 1. The second-order valence-electron chi connectivity index (χ2n) is 6.46. The van der Waals surface area contributed by atoms with Crippen LogP contribution in [0.3, 0.4) is 0 Å². The number of nitrogens with one attached hydrogen (secondary N) is 1. The first-order chi connectivity index (χ1) is 13.3. The highest BCUT2D eigenvalue weighted by Crippen LogP contribution is 2.25. The number of amides is 1. The number of ether oxygens (including phenoxy) is 1. The maximum Gasteiger partial charge on any atom is 0.257 e. The molecule has 0 saturated carbocycles. The molecule has 1 fully saturated rings. The third kappa shape index (κ3) is 4.08. The third-order valence-electron chi connectivity index (χ3n) is 4.53. The number of aromatic nitrogens is 1. The van der Waals surface area contributed by atoms with Crippen molar-refractivity contribution < 1.29 is 9.53 Å². The lowest BCUT2D eigenvalue weighted by molar-refractivity contribution is 0.0793. The van der Waals surface area contributed by atoms with E-state index in [0.717, 1.165) is 43.1 Å². The first-order valence-corrected chi connectivity index (χ1v) is 9.14. The molecule has 2 aromatic carbocycles. The second kappa shape index (κ2) is 7.91. The molecule has 1 saturated heterocycles. The van der Waals surface area contributed by atoms with Crippen molar-refractivity contribution in [2.24, 2.45) is 0 Å². The highest BCUT2D eigenvalue weighted by atomic mass is 16.5. The number of para-hydroxylation sites is 1. The lowest BCUT2D eigenvalue weighted by Gasteiger charge is -2.17. The minimum atomic E-state index is 0.0344. The Morgan fingerprint density at radius 2 is 1.59 bits per heavy atom. The minimum absolute atomic E-state index is 0.0344. The van der Waals surface area contributed by atoms with Crippen molar-refractivity contribution in [2.75, 3.05) is 18.4 Å². The van der Waals surface area contributed by atoms with Gasteiger partial charge in [-0.25, -0.2) is 4.98 Å². The van der Waals surface area contributed by atoms with Crippen molar-refractivity contribution in [1.82, 2.24) is 9.88 Å². The topological polar surface area (TPSA) is 54.5 Å². The van der Waals surface area contributed by atoms with Crippen molar-refractivity contribution in [3.05, 3.63) is 78.5 Å². The number of rotatable bonds is 5. The average molecular weight is 359 g/mol. The SMILES string of the molecule is O=C(c1cccnc1Nc1ccc(Oc2ccccc2)cc1)N1CCCC1. The minimum Gasteiger partial charge on any atom is -0.457 e. The van der Waals surface area contributed by atoms with Gasteiger partial charge in [0.15, 0.2) is 0 Å². The van der Waals surface area contributed by atoms with E-state index in [4.69, 9.17) is 4.74 Å². The summed E-state index contributed by atoms with van der Waals surface area (Å²) in [4.78, 5) is 19.0. The zero-order chi connectivity index (χ0) is 18.5. The second-order valence-corrected chi connectivity index (χ2v) is 6.46. The average Bonchev–Trinajstić information content (AvgIpc) is 3.25. The van der Waals surface area contributed by atoms with E-state index in [1.54, 1.807) is 12.3 Å². The summed E-state index contributed by atoms with van der Waals surface area (Å²) in [5.74, 6) is 2.15. The Balaban J connectivity index is 1.48. The lowest BCUT2D eigenvalue weighted by atomic mass is 10.2. The van der Waals surface area contributed by atoms with Crippen molar-refractivity contribution in [3.8, 4) is 11.5 Å². The van der Waals surface area contributed by atoms with Gasteiger partial charge in [0.05, 0.1) is 5.56 Å². The molecular weight excluding hydrogens is 338 g/mol. The van der Waals surface area contributed by atoms with E-state index in [2.05, 4.69) is 10.3 Å². The smallest absolute Gasteiger partial charge is 0.257 e. The first kappa shape index (κ1) is 17.1. The van der Waals surface area contributed by atoms with Crippen molar-refractivity contribution in [3.63, 3.8) is 0 Å². The van der Waals surface area contributed by atoms with Crippen LogP contribution >= 0.6 is 0 Å². The highest BCUT2D eigenvalue weighted by Gasteiger charge is 2.22. The molecular formula is C22H21N3O2. The van der Waals surface area contributed by atoms with E-state index in [1.165, 1.54) is 0 Å². The number of pyridine rings is 1. The predicted octanol–water partition coefficient (Wildman–Crippen LogP) is 4.85. The molecule has 0 unspecified atom stereocenters. The van der Waals surface area contributed by atoms with Gasteiger partial charge in [-0.1, -0.05) is 18.2 Å². The molecule has 4 rings (SSSR count). The molecule has 0 atom stereocenters. The van der Waals surface area contributed by atoms with Crippen LogP contribution in [0.25, 0.3) is 0 Å². The molecule has 2 heterocycles. The van der Waals surface area contributed by atoms with E-state index in [0.29, 0.717) is 11.4 Å². The summed E-state index contributed by atoms with van der Waals surface area (Å²) in [5, 5.41) is 3.25.